The number of rotatable bonds is 7. The van der Waals surface area contributed by atoms with E-state index in [0.29, 0.717) is 13.1 Å². The van der Waals surface area contributed by atoms with Crippen LogP contribution < -0.4 is 0 Å². The Bertz CT molecular complexity index is 864. The van der Waals surface area contributed by atoms with E-state index in [0.717, 1.165) is 31.2 Å². The van der Waals surface area contributed by atoms with Gasteiger partial charge in [-0.1, -0.05) is 54.1 Å². The highest BCUT2D eigenvalue weighted by molar-refractivity contribution is 6.30. The Morgan fingerprint density at radius 2 is 1.59 bits per heavy atom. The molecule has 1 aliphatic rings. The molecule has 1 saturated heterocycles. The van der Waals surface area contributed by atoms with E-state index in [1.54, 1.807) is 11.0 Å². The highest BCUT2D eigenvalue weighted by atomic mass is 35.5. The van der Waals surface area contributed by atoms with Gasteiger partial charge in [-0.05, 0) is 23.3 Å². The molecule has 2 atom stereocenters. The molecule has 0 saturated carbocycles. The number of β-amino-alcohol motifs (C(OH)–C–C–N with tert-alkyl or cyclic N) is 1. The quantitative estimate of drug-likeness (QED) is 0.647. The van der Waals surface area contributed by atoms with Gasteiger partial charge in [-0.2, -0.15) is 5.10 Å². The van der Waals surface area contributed by atoms with Crippen molar-refractivity contribution in [3.8, 4) is 0 Å². The summed E-state index contributed by atoms with van der Waals surface area (Å²) in [6, 6.07) is 19.0. The largest absolute Gasteiger partial charge is 0.390 e. The first-order chi connectivity index (χ1) is 14.2. The van der Waals surface area contributed by atoms with Crippen LogP contribution >= 0.6 is 11.6 Å². The summed E-state index contributed by atoms with van der Waals surface area (Å²) < 4.78 is 1.67. The molecule has 0 spiro atoms. The molecule has 4 rings (SSSR count). The monoisotopic (exact) mass is 411 g/mol. The third-order valence-electron chi connectivity index (χ3n) is 5.41. The van der Waals surface area contributed by atoms with E-state index < -0.39 is 6.10 Å². The first kappa shape index (κ1) is 20.0. The number of halogens is 1. The predicted molar refractivity (Wildman–Crippen MR) is 114 cm³/mol. The molecule has 1 fully saturated rings. The molecule has 7 heteroatoms. The van der Waals surface area contributed by atoms with Crippen molar-refractivity contribution in [3.05, 3.63) is 83.4 Å². The van der Waals surface area contributed by atoms with E-state index in [1.807, 2.05) is 12.1 Å². The van der Waals surface area contributed by atoms with Crippen molar-refractivity contribution in [2.45, 2.75) is 18.7 Å². The second-order valence-corrected chi connectivity index (χ2v) is 7.91. The summed E-state index contributed by atoms with van der Waals surface area (Å²) in [5, 5.41) is 15.2. The molecule has 1 N–H and O–H groups in total. The molecule has 0 bridgehead atoms. The zero-order chi connectivity index (χ0) is 20.1. The molecule has 152 valence electrons. The fraction of sp³-hybridized carbons (Fsp3) is 0.364. The Hall–Kier alpha value is -2.25. The molecule has 1 aromatic heterocycles. The fourth-order valence-electron chi connectivity index (χ4n) is 4.00. The molecular formula is C22H26ClN5O. The maximum Gasteiger partial charge on any atom is 0.137 e. The van der Waals surface area contributed by atoms with Gasteiger partial charge in [0.05, 0.1) is 18.7 Å². The molecule has 3 aromatic rings. The molecule has 2 heterocycles. The van der Waals surface area contributed by atoms with Gasteiger partial charge >= 0.3 is 0 Å². The lowest BCUT2D eigenvalue weighted by molar-refractivity contribution is 0.0540. The van der Waals surface area contributed by atoms with Crippen molar-refractivity contribution in [2.75, 3.05) is 32.7 Å². The van der Waals surface area contributed by atoms with Crippen molar-refractivity contribution in [2.24, 2.45) is 0 Å². The Labute approximate surface area is 176 Å². The smallest absolute Gasteiger partial charge is 0.137 e. The van der Waals surface area contributed by atoms with Crippen molar-refractivity contribution >= 4 is 11.6 Å². The van der Waals surface area contributed by atoms with Crippen molar-refractivity contribution < 1.29 is 5.11 Å². The minimum atomic E-state index is -0.454. The molecule has 29 heavy (non-hydrogen) atoms. The number of nitrogens with zero attached hydrogens (tertiary/aromatic N) is 5. The summed E-state index contributed by atoms with van der Waals surface area (Å²) in [5.74, 6) is 0. The molecular weight excluding hydrogens is 386 g/mol. The molecule has 0 radical (unpaired) electrons. The van der Waals surface area contributed by atoms with Crippen LogP contribution in [0.5, 0.6) is 0 Å². The Morgan fingerprint density at radius 1 is 0.897 bits per heavy atom. The van der Waals surface area contributed by atoms with Crippen LogP contribution in [-0.2, 0) is 6.54 Å². The van der Waals surface area contributed by atoms with Gasteiger partial charge in [0.2, 0.25) is 0 Å². The van der Waals surface area contributed by atoms with E-state index in [9.17, 15) is 5.11 Å². The van der Waals surface area contributed by atoms with Crippen molar-refractivity contribution in [3.63, 3.8) is 0 Å². The maximum absolute atomic E-state index is 10.4. The second kappa shape index (κ2) is 9.50. The Morgan fingerprint density at radius 3 is 2.24 bits per heavy atom. The summed E-state index contributed by atoms with van der Waals surface area (Å²) in [6.07, 6.45) is 2.67. The first-order valence-corrected chi connectivity index (χ1v) is 10.3. The van der Waals surface area contributed by atoms with Crippen LogP contribution in [0.15, 0.2) is 67.3 Å². The average Bonchev–Trinajstić information content (AvgIpc) is 3.24. The maximum atomic E-state index is 10.4. The number of aliphatic hydroxyl groups excluding tert-OH is 1. The van der Waals surface area contributed by atoms with Crippen LogP contribution in [0.25, 0.3) is 0 Å². The summed E-state index contributed by atoms with van der Waals surface area (Å²) in [4.78, 5) is 8.76. The molecule has 0 aliphatic carbocycles. The van der Waals surface area contributed by atoms with Crippen LogP contribution in [0, 0.1) is 0 Å². The highest BCUT2D eigenvalue weighted by Crippen LogP contribution is 2.30. The van der Waals surface area contributed by atoms with E-state index >= 15 is 0 Å². The molecule has 6 nitrogen and oxygen atoms in total. The van der Waals surface area contributed by atoms with Gasteiger partial charge < -0.3 is 5.11 Å². The third-order valence-corrected chi connectivity index (χ3v) is 5.66. The molecule has 0 amide bonds. The van der Waals surface area contributed by atoms with Crippen molar-refractivity contribution in [1.82, 2.24) is 24.6 Å². The van der Waals surface area contributed by atoms with E-state index in [1.165, 1.54) is 17.5 Å². The minimum absolute atomic E-state index is 0.204. The first-order valence-electron chi connectivity index (χ1n) is 9.96. The van der Waals surface area contributed by atoms with Crippen LogP contribution in [0.4, 0.5) is 0 Å². The van der Waals surface area contributed by atoms with Crippen LogP contribution in [-0.4, -0.2) is 68.5 Å². The van der Waals surface area contributed by atoms with Crippen molar-refractivity contribution in [1.29, 1.82) is 0 Å². The normalized spacial score (nSPS) is 17.9. The lowest BCUT2D eigenvalue weighted by Crippen LogP contribution is -2.50. The number of hydrogen-bond donors (Lipinski definition) is 1. The molecule has 2 unspecified atom stereocenters. The van der Waals surface area contributed by atoms with Gasteiger partial charge in [-0.15, -0.1) is 0 Å². The van der Waals surface area contributed by atoms with Gasteiger partial charge in [0.1, 0.15) is 12.7 Å². The lowest BCUT2D eigenvalue weighted by Gasteiger charge is -2.40. The fourth-order valence-corrected chi connectivity index (χ4v) is 4.12. The topological polar surface area (TPSA) is 57.4 Å². The SMILES string of the molecule is OC(CN1CCN(C(c2ccccc2)c2ccc(Cl)cc2)CC1)Cn1cncn1. The lowest BCUT2D eigenvalue weighted by atomic mass is 9.96. The number of piperazine rings is 1. The van der Waals surface area contributed by atoms with Crippen LogP contribution in [0.3, 0.4) is 0 Å². The number of benzene rings is 2. The standard InChI is InChI=1S/C22H26ClN5O/c23-20-8-6-19(7-9-20)22(18-4-2-1-3-5-18)27-12-10-26(11-13-27)14-21(29)15-28-17-24-16-25-28/h1-9,16-17,21-22,29H,10-15H2. The summed E-state index contributed by atoms with van der Waals surface area (Å²) in [5.41, 5.74) is 2.54. The number of aliphatic hydroxyl groups is 1. The Kier molecular flexibility index (Phi) is 6.56. The van der Waals surface area contributed by atoms with Gasteiger partial charge in [0, 0.05) is 37.7 Å². The van der Waals surface area contributed by atoms with E-state index in [4.69, 9.17) is 11.6 Å². The third kappa shape index (κ3) is 5.22. The summed E-state index contributed by atoms with van der Waals surface area (Å²) >= 11 is 6.11. The minimum Gasteiger partial charge on any atom is -0.390 e. The zero-order valence-corrected chi connectivity index (χ0v) is 17.1. The highest BCUT2D eigenvalue weighted by Gasteiger charge is 2.27. The summed E-state index contributed by atoms with van der Waals surface area (Å²) in [6.45, 7) is 4.84. The van der Waals surface area contributed by atoms with Gasteiger partial charge in [-0.25, -0.2) is 4.98 Å². The van der Waals surface area contributed by atoms with Crippen LogP contribution in [0.1, 0.15) is 17.2 Å². The van der Waals surface area contributed by atoms with Gasteiger partial charge in [0.15, 0.2) is 0 Å². The van der Waals surface area contributed by atoms with Gasteiger partial charge in [-0.3, -0.25) is 14.5 Å². The Balaban J connectivity index is 1.41. The molecule has 2 aromatic carbocycles. The second-order valence-electron chi connectivity index (χ2n) is 7.47. The number of hydrogen-bond acceptors (Lipinski definition) is 5. The average molecular weight is 412 g/mol. The summed E-state index contributed by atoms with van der Waals surface area (Å²) in [7, 11) is 0. The van der Waals surface area contributed by atoms with E-state index in [2.05, 4.69) is 62.3 Å². The molecule has 1 aliphatic heterocycles. The zero-order valence-electron chi connectivity index (χ0n) is 16.3. The predicted octanol–water partition coefficient (Wildman–Crippen LogP) is 2.70. The van der Waals surface area contributed by atoms with E-state index in [-0.39, 0.29) is 6.04 Å². The van der Waals surface area contributed by atoms with Crippen LogP contribution in [0.2, 0.25) is 5.02 Å². The van der Waals surface area contributed by atoms with Gasteiger partial charge in [0.25, 0.3) is 0 Å². The number of aromatic nitrogens is 3.